The molecule has 2 aliphatic rings. The number of piperidine rings is 2. The highest BCUT2D eigenvalue weighted by molar-refractivity contribution is 5.80. The van der Waals surface area contributed by atoms with Gasteiger partial charge in [-0.1, -0.05) is 42.5 Å². The number of aromatic nitrogens is 2. The number of H-pyrrole nitrogens is 1. The number of benzene rings is 2. The van der Waals surface area contributed by atoms with Crippen molar-refractivity contribution < 1.29 is 28.6 Å². The Kier molecular flexibility index (Phi) is 13.5. The maximum Gasteiger partial charge on any atom is 0.410 e. The van der Waals surface area contributed by atoms with Gasteiger partial charge in [-0.3, -0.25) is 19.0 Å². The van der Waals surface area contributed by atoms with Gasteiger partial charge in [-0.15, -0.1) is 6.58 Å². The number of nitrogens with one attached hydrogen (secondary N) is 1. The molecule has 0 aliphatic carbocycles. The molecule has 6 rings (SSSR count). The molecular weight excluding hydrogens is 713 g/mol. The van der Waals surface area contributed by atoms with Gasteiger partial charge in [0.2, 0.25) is 0 Å². The number of allylic oxidation sites excluding steroid dienone is 1. The Morgan fingerprint density at radius 3 is 1.80 bits per heavy atom. The third-order valence-electron chi connectivity index (χ3n) is 9.89. The summed E-state index contributed by atoms with van der Waals surface area (Å²) in [4.78, 5) is 68.6. The van der Waals surface area contributed by atoms with E-state index in [1.54, 1.807) is 15.9 Å². The fraction of sp³-hybridized carbons (Fsp3) is 0.477. The molecule has 2 amide bonds. The number of rotatable bonds is 7. The largest absolute Gasteiger partial charge is 0.444 e. The summed E-state index contributed by atoms with van der Waals surface area (Å²) in [5, 5.41) is 1.96. The zero-order valence-electron chi connectivity index (χ0n) is 33.6. The van der Waals surface area contributed by atoms with Gasteiger partial charge in [0.1, 0.15) is 11.2 Å². The van der Waals surface area contributed by atoms with Crippen LogP contribution in [0.1, 0.15) is 103 Å². The van der Waals surface area contributed by atoms with Gasteiger partial charge in [0, 0.05) is 49.2 Å². The van der Waals surface area contributed by atoms with Crippen molar-refractivity contribution in [1.82, 2.24) is 19.4 Å². The molecular formula is C44H56N4O8. The van der Waals surface area contributed by atoms with Gasteiger partial charge in [-0.25, -0.2) is 9.59 Å². The maximum atomic E-state index is 13.4. The molecule has 2 aromatic carbocycles. The lowest BCUT2D eigenvalue weighted by molar-refractivity contribution is -0.147. The number of pyridine rings is 2. The maximum absolute atomic E-state index is 13.4. The van der Waals surface area contributed by atoms with Crippen LogP contribution in [-0.2, 0) is 25.7 Å². The van der Waals surface area contributed by atoms with E-state index in [0.29, 0.717) is 51.0 Å². The predicted molar refractivity (Wildman–Crippen MR) is 218 cm³/mol. The number of para-hydroxylation sites is 2. The number of fused-ring (bicyclic) bond motifs is 2. The first kappa shape index (κ1) is 41.8. The van der Waals surface area contributed by atoms with Crippen LogP contribution in [0.2, 0.25) is 0 Å². The fourth-order valence-electron chi connectivity index (χ4n) is 7.07. The van der Waals surface area contributed by atoms with Crippen molar-refractivity contribution >= 4 is 40.0 Å². The van der Waals surface area contributed by atoms with Crippen molar-refractivity contribution in [3.8, 4) is 0 Å². The number of aromatic amines is 1. The number of carbonyl (C=O) groups is 3. The lowest BCUT2D eigenvalue weighted by Crippen LogP contribution is -2.42. The van der Waals surface area contributed by atoms with Gasteiger partial charge < -0.3 is 29.0 Å². The summed E-state index contributed by atoms with van der Waals surface area (Å²) >= 11 is 0. The molecule has 4 heterocycles. The number of hydrogen-bond donors (Lipinski definition) is 1. The average Bonchev–Trinajstić information content (AvgIpc) is 3.15. The minimum atomic E-state index is -0.539. The second-order valence-corrected chi connectivity index (χ2v) is 16.5. The quantitative estimate of drug-likeness (QED) is 0.113. The first-order chi connectivity index (χ1) is 26.5. The van der Waals surface area contributed by atoms with Crippen molar-refractivity contribution in [2.75, 3.05) is 26.2 Å². The molecule has 0 atom stereocenters. The molecule has 0 radical (unpaired) electrons. The lowest BCUT2D eigenvalue weighted by atomic mass is 9.89. The number of hydrogen-bond acceptors (Lipinski definition) is 8. The molecule has 12 heteroatoms. The Hall–Kier alpha value is -5.39. The van der Waals surface area contributed by atoms with Crippen LogP contribution < -0.4 is 11.1 Å². The highest BCUT2D eigenvalue weighted by Crippen LogP contribution is 2.30. The van der Waals surface area contributed by atoms with Crippen molar-refractivity contribution in [1.29, 1.82) is 0 Å². The van der Waals surface area contributed by atoms with Crippen LogP contribution in [0.3, 0.4) is 0 Å². The SMILES string of the molecule is C=CCCC(=O)OCn1c(=O)c(C2CCN(C(=O)OC(C)(C)C)CC2)cc2ccccc21.CC(C)(C)OC(=O)N1CCC(c2cc3ccccc3[nH]c2=O)CC1. The van der Waals surface area contributed by atoms with E-state index >= 15 is 0 Å². The molecule has 0 spiro atoms. The molecule has 0 unspecified atom stereocenters. The Bertz CT molecular complexity index is 2140. The van der Waals surface area contributed by atoms with Crippen LogP contribution in [0, 0.1) is 0 Å². The van der Waals surface area contributed by atoms with Crippen LogP contribution in [0.25, 0.3) is 21.8 Å². The van der Waals surface area contributed by atoms with Gasteiger partial charge in [-0.05, 0) is 121 Å². The summed E-state index contributed by atoms with van der Waals surface area (Å²) in [6.45, 7) is 16.9. The second kappa shape index (κ2) is 18.0. The molecule has 2 saturated heterocycles. The monoisotopic (exact) mass is 768 g/mol. The molecule has 2 aromatic heterocycles. The topological polar surface area (TPSA) is 140 Å². The van der Waals surface area contributed by atoms with Crippen molar-refractivity contribution in [2.45, 2.75) is 110 Å². The van der Waals surface area contributed by atoms with E-state index < -0.39 is 11.2 Å². The summed E-state index contributed by atoms with van der Waals surface area (Å²) in [6.07, 6.45) is 4.74. The first-order valence-electron chi connectivity index (χ1n) is 19.5. The zero-order chi connectivity index (χ0) is 40.6. The van der Waals surface area contributed by atoms with Gasteiger partial charge in [0.15, 0.2) is 6.73 Å². The third kappa shape index (κ3) is 11.1. The number of ether oxygens (including phenoxy) is 3. The fourth-order valence-corrected chi connectivity index (χ4v) is 7.07. The van der Waals surface area contributed by atoms with E-state index in [1.807, 2.05) is 102 Å². The number of carbonyl (C=O) groups excluding carboxylic acids is 3. The molecule has 300 valence electrons. The Morgan fingerprint density at radius 2 is 1.25 bits per heavy atom. The number of esters is 1. The van der Waals surface area contributed by atoms with Crippen LogP contribution in [-0.4, -0.2) is 74.9 Å². The van der Waals surface area contributed by atoms with E-state index in [2.05, 4.69) is 11.6 Å². The highest BCUT2D eigenvalue weighted by atomic mass is 16.6. The normalized spacial score (nSPS) is 15.5. The molecule has 2 fully saturated rings. The minimum absolute atomic E-state index is 0.0218. The standard InChI is InChI=1S/C25H32N2O5.C19H24N2O3/c1-5-6-11-22(28)31-17-27-21-10-8-7-9-19(21)16-20(23(27)29)18-12-14-26(15-13-18)24(30)32-25(2,3)4;1-19(2,3)24-18(23)21-10-8-13(9-11-21)15-12-14-6-4-5-7-16(14)20-17(15)22/h5,7-10,16,18H,1,6,11-15,17H2,2-4H3;4-7,12-13H,8-11H2,1-3H3,(H,20,22). The first-order valence-corrected chi connectivity index (χ1v) is 19.5. The van der Waals surface area contributed by atoms with Gasteiger partial charge in [-0.2, -0.15) is 0 Å². The van der Waals surface area contributed by atoms with Crippen LogP contribution >= 0.6 is 0 Å². The van der Waals surface area contributed by atoms with Gasteiger partial charge >= 0.3 is 18.2 Å². The summed E-state index contributed by atoms with van der Waals surface area (Å²) < 4.78 is 17.8. The van der Waals surface area contributed by atoms with Gasteiger partial charge in [0.25, 0.3) is 11.1 Å². The summed E-state index contributed by atoms with van der Waals surface area (Å²) in [5.41, 5.74) is 1.89. The molecule has 12 nitrogen and oxygen atoms in total. The lowest BCUT2D eigenvalue weighted by Gasteiger charge is -2.33. The Labute approximate surface area is 328 Å². The summed E-state index contributed by atoms with van der Waals surface area (Å²) in [7, 11) is 0. The van der Waals surface area contributed by atoms with E-state index in [-0.39, 0.29) is 54.3 Å². The highest BCUT2D eigenvalue weighted by Gasteiger charge is 2.30. The van der Waals surface area contributed by atoms with Crippen LogP contribution in [0.15, 0.2) is 82.9 Å². The second-order valence-electron chi connectivity index (χ2n) is 16.5. The van der Waals surface area contributed by atoms with Crippen LogP contribution in [0.4, 0.5) is 9.59 Å². The zero-order valence-corrected chi connectivity index (χ0v) is 33.6. The summed E-state index contributed by atoms with van der Waals surface area (Å²) in [5.74, 6) is -0.164. The molecule has 2 aliphatic heterocycles. The van der Waals surface area contributed by atoms with Crippen LogP contribution in [0.5, 0.6) is 0 Å². The van der Waals surface area contributed by atoms with Crippen molar-refractivity contribution in [3.05, 3.63) is 105 Å². The molecule has 0 bridgehead atoms. The molecule has 1 N–H and O–H groups in total. The smallest absolute Gasteiger partial charge is 0.410 e. The molecule has 0 saturated carbocycles. The Morgan fingerprint density at radius 1 is 0.750 bits per heavy atom. The number of likely N-dealkylation sites (tertiary alicyclic amines) is 2. The number of nitrogens with zero attached hydrogens (tertiary/aromatic N) is 3. The number of amides is 2. The Balaban J connectivity index is 0.000000223. The average molecular weight is 769 g/mol. The van der Waals surface area contributed by atoms with Crippen molar-refractivity contribution in [3.63, 3.8) is 0 Å². The molecule has 4 aromatic rings. The van der Waals surface area contributed by atoms with Crippen molar-refractivity contribution in [2.24, 2.45) is 0 Å². The van der Waals surface area contributed by atoms with E-state index in [9.17, 15) is 24.0 Å². The molecule has 56 heavy (non-hydrogen) atoms. The predicted octanol–water partition coefficient (Wildman–Crippen LogP) is 8.23. The third-order valence-corrected chi connectivity index (χ3v) is 9.89. The van der Waals surface area contributed by atoms with E-state index in [1.165, 1.54) is 4.57 Å². The minimum Gasteiger partial charge on any atom is -0.444 e. The van der Waals surface area contributed by atoms with E-state index in [4.69, 9.17) is 14.2 Å². The van der Waals surface area contributed by atoms with Gasteiger partial charge in [0.05, 0.1) is 5.52 Å². The van der Waals surface area contributed by atoms with E-state index in [0.717, 1.165) is 40.2 Å². The summed E-state index contributed by atoms with van der Waals surface area (Å²) in [6, 6.07) is 19.3.